The number of thiophene rings is 1. The quantitative estimate of drug-likeness (QED) is 0.589. The number of sulfonamides is 1. The van der Waals surface area contributed by atoms with Crippen LogP contribution in [-0.4, -0.2) is 74.7 Å². The van der Waals surface area contributed by atoms with Crippen LogP contribution in [0.15, 0.2) is 46.0 Å². The molecule has 1 aromatic heterocycles. The first-order valence-electron chi connectivity index (χ1n) is 10.5. The SMILES string of the molecule is COC(=O)c1csc(S(=O)(=O)N2CCN(C(=O)[C@@H](NC(=O)c3ccccc3)C(C)C)CC2)c1. The molecule has 178 valence electrons. The molecular formula is C22H27N3O6S2. The second kappa shape index (κ2) is 10.4. The van der Waals surface area contributed by atoms with E-state index in [4.69, 9.17) is 0 Å². The van der Waals surface area contributed by atoms with Crippen molar-refractivity contribution in [2.24, 2.45) is 5.92 Å². The Hall–Kier alpha value is -2.76. The number of carbonyl (C=O) groups excluding carboxylic acids is 3. The van der Waals surface area contributed by atoms with E-state index in [9.17, 15) is 22.8 Å². The van der Waals surface area contributed by atoms with Crippen molar-refractivity contribution in [2.75, 3.05) is 33.3 Å². The Bertz CT molecular complexity index is 1110. The maximum absolute atomic E-state index is 13.1. The Morgan fingerprint density at radius 3 is 2.24 bits per heavy atom. The number of rotatable bonds is 7. The molecule has 0 bridgehead atoms. The Balaban J connectivity index is 1.64. The van der Waals surface area contributed by atoms with E-state index in [-0.39, 0.29) is 53.7 Å². The van der Waals surface area contributed by atoms with E-state index >= 15 is 0 Å². The number of amides is 2. The number of hydrogen-bond donors (Lipinski definition) is 1. The number of esters is 1. The highest BCUT2D eigenvalue weighted by atomic mass is 32.2. The van der Waals surface area contributed by atoms with Gasteiger partial charge in [0, 0.05) is 37.1 Å². The Morgan fingerprint density at radius 1 is 1.03 bits per heavy atom. The number of nitrogens with one attached hydrogen (secondary N) is 1. The van der Waals surface area contributed by atoms with E-state index in [1.54, 1.807) is 29.2 Å². The monoisotopic (exact) mass is 493 g/mol. The summed E-state index contributed by atoms with van der Waals surface area (Å²) >= 11 is 0.956. The smallest absolute Gasteiger partial charge is 0.338 e. The molecule has 1 aromatic carbocycles. The van der Waals surface area contributed by atoms with Crippen LogP contribution in [0.4, 0.5) is 0 Å². The summed E-state index contributed by atoms with van der Waals surface area (Å²) in [5.41, 5.74) is 0.651. The second-order valence-corrected chi connectivity index (χ2v) is 11.0. The summed E-state index contributed by atoms with van der Waals surface area (Å²) in [6.07, 6.45) is 0. The minimum absolute atomic E-state index is 0.0536. The summed E-state index contributed by atoms with van der Waals surface area (Å²) in [6.45, 7) is 4.36. The van der Waals surface area contributed by atoms with Crippen molar-refractivity contribution in [3.8, 4) is 0 Å². The zero-order chi connectivity index (χ0) is 24.2. The van der Waals surface area contributed by atoms with Crippen molar-refractivity contribution < 1.29 is 27.5 Å². The number of benzene rings is 1. The van der Waals surface area contributed by atoms with Gasteiger partial charge in [-0.3, -0.25) is 9.59 Å². The van der Waals surface area contributed by atoms with Gasteiger partial charge in [0.25, 0.3) is 15.9 Å². The number of ether oxygens (including phenoxy) is 1. The van der Waals surface area contributed by atoms with Gasteiger partial charge in [-0.15, -0.1) is 11.3 Å². The first-order chi connectivity index (χ1) is 15.6. The fraction of sp³-hybridized carbons (Fsp3) is 0.409. The summed E-state index contributed by atoms with van der Waals surface area (Å²) in [6, 6.07) is 9.25. The molecule has 0 unspecified atom stereocenters. The van der Waals surface area contributed by atoms with Crippen molar-refractivity contribution in [1.29, 1.82) is 0 Å². The normalized spacial score (nSPS) is 15.8. The highest BCUT2D eigenvalue weighted by Gasteiger charge is 2.35. The van der Waals surface area contributed by atoms with Gasteiger partial charge in [0.2, 0.25) is 5.91 Å². The van der Waals surface area contributed by atoms with Crippen molar-refractivity contribution in [2.45, 2.75) is 24.1 Å². The minimum atomic E-state index is -3.79. The van der Waals surface area contributed by atoms with Crippen LogP contribution >= 0.6 is 11.3 Å². The van der Waals surface area contributed by atoms with E-state index in [1.165, 1.54) is 22.9 Å². The summed E-state index contributed by atoms with van der Waals surface area (Å²) in [4.78, 5) is 38.9. The Morgan fingerprint density at radius 2 is 1.67 bits per heavy atom. The lowest BCUT2D eigenvalue weighted by Gasteiger charge is -2.36. The lowest BCUT2D eigenvalue weighted by atomic mass is 10.0. The van der Waals surface area contributed by atoms with E-state index in [0.717, 1.165) is 11.3 Å². The van der Waals surface area contributed by atoms with Gasteiger partial charge < -0.3 is 15.0 Å². The summed E-state index contributed by atoms with van der Waals surface area (Å²) < 4.78 is 31.9. The summed E-state index contributed by atoms with van der Waals surface area (Å²) in [5, 5.41) is 4.26. The molecule has 9 nitrogen and oxygen atoms in total. The molecule has 1 atom stereocenters. The molecule has 1 saturated heterocycles. The van der Waals surface area contributed by atoms with Crippen LogP contribution in [0.5, 0.6) is 0 Å². The molecule has 11 heteroatoms. The number of nitrogens with zero attached hydrogens (tertiary/aromatic N) is 2. The zero-order valence-corrected chi connectivity index (χ0v) is 20.3. The third-order valence-corrected chi connectivity index (χ3v) is 8.71. The number of carbonyl (C=O) groups is 3. The Kier molecular flexibility index (Phi) is 7.88. The van der Waals surface area contributed by atoms with Crippen LogP contribution in [0.25, 0.3) is 0 Å². The van der Waals surface area contributed by atoms with Crippen LogP contribution in [0.3, 0.4) is 0 Å². The number of hydrogen-bond acceptors (Lipinski definition) is 7. The lowest BCUT2D eigenvalue weighted by molar-refractivity contribution is -0.135. The average molecular weight is 494 g/mol. The molecular weight excluding hydrogens is 466 g/mol. The van der Waals surface area contributed by atoms with Gasteiger partial charge in [-0.2, -0.15) is 4.31 Å². The molecule has 2 heterocycles. The fourth-order valence-corrected chi connectivity index (χ4v) is 6.20. The summed E-state index contributed by atoms with van der Waals surface area (Å²) in [5.74, 6) is -1.31. The number of methoxy groups -OCH3 is 1. The third kappa shape index (κ3) is 5.60. The van der Waals surface area contributed by atoms with Crippen LogP contribution in [-0.2, 0) is 19.6 Å². The molecule has 1 N–H and O–H groups in total. The molecule has 1 fully saturated rings. The molecule has 3 rings (SSSR count). The van der Waals surface area contributed by atoms with E-state index in [1.807, 2.05) is 19.9 Å². The molecule has 2 aromatic rings. The van der Waals surface area contributed by atoms with Gasteiger partial charge in [0.1, 0.15) is 10.3 Å². The standard InChI is InChI=1S/C22H27N3O6S2/c1-15(2)19(23-20(26)16-7-5-4-6-8-16)21(27)24-9-11-25(12-10-24)33(29,30)18-13-17(14-32-18)22(28)31-3/h4-8,13-15,19H,9-12H2,1-3H3,(H,23,26)/t19-/m0/s1. The molecule has 1 aliphatic heterocycles. The first-order valence-corrected chi connectivity index (χ1v) is 12.8. The maximum Gasteiger partial charge on any atom is 0.338 e. The molecule has 0 saturated carbocycles. The maximum atomic E-state index is 13.1. The second-order valence-electron chi connectivity index (χ2n) is 7.94. The predicted octanol–water partition coefficient (Wildman–Crippen LogP) is 1.82. The van der Waals surface area contributed by atoms with E-state index < -0.39 is 22.0 Å². The van der Waals surface area contributed by atoms with Gasteiger partial charge in [-0.05, 0) is 24.1 Å². The van der Waals surface area contributed by atoms with Crippen molar-refractivity contribution in [1.82, 2.24) is 14.5 Å². The van der Waals surface area contributed by atoms with Crippen LogP contribution < -0.4 is 5.32 Å². The highest BCUT2D eigenvalue weighted by molar-refractivity contribution is 7.91. The van der Waals surface area contributed by atoms with Crippen LogP contribution in [0.1, 0.15) is 34.6 Å². The molecule has 2 amide bonds. The highest BCUT2D eigenvalue weighted by Crippen LogP contribution is 2.25. The van der Waals surface area contributed by atoms with Gasteiger partial charge in [-0.25, -0.2) is 13.2 Å². The minimum Gasteiger partial charge on any atom is -0.465 e. The van der Waals surface area contributed by atoms with E-state index in [0.29, 0.717) is 5.56 Å². The average Bonchev–Trinajstić information content (AvgIpc) is 3.33. The van der Waals surface area contributed by atoms with Gasteiger partial charge >= 0.3 is 5.97 Å². The zero-order valence-electron chi connectivity index (χ0n) is 18.7. The number of piperazine rings is 1. The third-order valence-electron chi connectivity index (χ3n) is 5.40. The van der Waals surface area contributed by atoms with Gasteiger partial charge in [-0.1, -0.05) is 32.0 Å². The molecule has 0 aliphatic carbocycles. The topological polar surface area (TPSA) is 113 Å². The first kappa shape index (κ1) is 24.9. The van der Waals surface area contributed by atoms with Gasteiger partial charge in [0.15, 0.2) is 0 Å². The molecule has 0 radical (unpaired) electrons. The van der Waals surface area contributed by atoms with Crippen LogP contribution in [0, 0.1) is 5.92 Å². The Labute approximate surface area is 197 Å². The molecule has 0 spiro atoms. The van der Waals surface area contributed by atoms with Crippen LogP contribution in [0.2, 0.25) is 0 Å². The molecule has 1 aliphatic rings. The van der Waals surface area contributed by atoms with E-state index in [2.05, 4.69) is 10.1 Å². The molecule has 33 heavy (non-hydrogen) atoms. The van der Waals surface area contributed by atoms with Crippen molar-refractivity contribution in [3.63, 3.8) is 0 Å². The summed E-state index contributed by atoms with van der Waals surface area (Å²) in [7, 11) is -2.55. The van der Waals surface area contributed by atoms with Crippen molar-refractivity contribution >= 4 is 39.1 Å². The van der Waals surface area contributed by atoms with Crippen molar-refractivity contribution in [3.05, 3.63) is 52.9 Å². The van der Waals surface area contributed by atoms with Gasteiger partial charge in [0.05, 0.1) is 12.7 Å². The fourth-order valence-electron chi connectivity index (χ4n) is 3.48. The largest absolute Gasteiger partial charge is 0.465 e. The predicted molar refractivity (Wildman–Crippen MR) is 124 cm³/mol. The lowest BCUT2D eigenvalue weighted by Crippen LogP contribution is -2.57.